The Labute approximate surface area is 181 Å². The summed E-state index contributed by atoms with van der Waals surface area (Å²) in [6.45, 7) is 1.43. The number of fused-ring (bicyclic) bond motifs is 1. The van der Waals surface area contributed by atoms with Crippen LogP contribution in [0.15, 0.2) is 40.8 Å². The van der Waals surface area contributed by atoms with Crippen LogP contribution in [-0.2, 0) is 11.2 Å². The van der Waals surface area contributed by atoms with E-state index in [0.717, 1.165) is 35.4 Å². The van der Waals surface area contributed by atoms with Crippen molar-refractivity contribution in [3.8, 4) is 17.2 Å². The Morgan fingerprint density at radius 2 is 1.77 bits per heavy atom. The summed E-state index contributed by atoms with van der Waals surface area (Å²) in [5.41, 5.74) is 2.63. The maximum absolute atomic E-state index is 12.8. The fraction of sp³-hybridized carbons (Fsp3) is 0.417. The average Bonchev–Trinajstić information content (AvgIpc) is 3.26. The molecule has 3 aromatic rings. The quantitative estimate of drug-likeness (QED) is 0.566. The van der Waals surface area contributed by atoms with Crippen LogP contribution < -0.4 is 14.2 Å². The molecule has 0 saturated carbocycles. The molecule has 31 heavy (non-hydrogen) atoms. The molecule has 0 unspecified atom stereocenters. The molecule has 1 amide bonds. The summed E-state index contributed by atoms with van der Waals surface area (Å²) in [7, 11) is 4.76. The van der Waals surface area contributed by atoms with Crippen LogP contribution in [0.25, 0.3) is 11.1 Å². The first kappa shape index (κ1) is 21.0. The van der Waals surface area contributed by atoms with E-state index in [0.29, 0.717) is 43.2 Å². The number of carbonyl (C=O) groups is 1. The van der Waals surface area contributed by atoms with E-state index in [2.05, 4.69) is 4.98 Å². The van der Waals surface area contributed by atoms with Crippen LogP contribution in [0.1, 0.15) is 36.6 Å². The summed E-state index contributed by atoms with van der Waals surface area (Å²) >= 11 is 0. The number of aryl methyl sites for hydroxylation is 1. The monoisotopic (exact) mass is 424 g/mol. The highest BCUT2D eigenvalue weighted by Crippen LogP contribution is 2.40. The molecule has 4 rings (SSSR count). The van der Waals surface area contributed by atoms with Crippen molar-refractivity contribution in [2.24, 2.45) is 0 Å². The van der Waals surface area contributed by atoms with Crippen molar-refractivity contribution in [2.75, 3.05) is 34.4 Å². The molecule has 0 spiro atoms. The SMILES string of the molecule is COc1ccc(CCC(=O)N2CCC(c3nc4ccccc4o3)CC2)c(OC)c1OC. The molecule has 0 atom stereocenters. The largest absolute Gasteiger partial charge is 0.493 e. The number of para-hydroxylation sites is 2. The number of ether oxygens (including phenoxy) is 3. The molecule has 164 valence electrons. The number of likely N-dealkylation sites (tertiary alicyclic amines) is 1. The summed E-state index contributed by atoms with van der Waals surface area (Å²) in [4.78, 5) is 19.4. The molecular weight excluding hydrogens is 396 g/mol. The minimum Gasteiger partial charge on any atom is -0.493 e. The topological polar surface area (TPSA) is 74.0 Å². The Bertz CT molecular complexity index is 1020. The number of hydrogen-bond donors (Lipinski definition) is 0. The molecule has 0 radical (unpaired) electrons. The van der Waals surface area contributed by atoms with Crippen LogP contribution >= 0.6 is 0 Å². The summed E-state index contributed by atoms with van der Waals surface area (Å²) in [6, 6.07) is 11.6. The van der Waals surface area contributed by atoms with Gasteiger partial charge in [-0.1, -0.05) is 18.2 Å². The molecule has 7 nitrogen and oxygen atoms in total. The van der Waals surface area contributed by atoms with Crippen molar-refractivity contribution in [3.63, 3.8) is 0 Å². The van der Waals surface area contributed by atoms with Crippen molar-refractivity contribution in [2.45, 2.75) is 31.6 Å². The number of hydrogen-bond acceptors (Lipinski definition) is 6. The number of amides is 1. The van der Waals surface area contributed by atoms with E-state index in [1.54, 1.807) is 21.3 Å². The van der Waals surface area contributed by atoms with E-state index in [4.69, 9.17) is 18.6 Å². The van der Waals surface area contributed by atoms with Crippen molar-refractivity contribution in [3.05, 3.63) is 47.9 Å². The van der Waals surface area contributed by atoms with Gasteiger partial charge in [-0.2, -0.15) is 0 Å². The third kappa shape index (κ3) is 4.31. The zero-order valence-electron chi connectivity index (χ0n) is 18.2. The zero-order chi connectivity index (χ0) is 21.8. The van der Waals surface area contributed by atoms with Crippen LogP contribution in [0.4, 0.5) is 0 Å². The van der Waals surface area contributed by atoms with Crippen LogP contribution in [0.3, 0.4) is 0 Å². The number of aromatic nitrogens is 1. The summed E-state index contributed by atoms with van der Waals surface area (Å²) in [6.07, 6.45) is 2.71. The van der Waals surface area contributed by atoms with Gasteiger partial charge < -0.3 is 23.5 Å². The maximum atomic E-state index is 12.8. The number of oxazole rings is 1. The molecule has 1 aromatic heterocycles. The third-order valence-corrected chi connectivity index (χ3v) is 5.90. The zero-order valence-corrected chi connectivity index (χ0v) is 18.2. The Balaban J connectivity index is 1.35. The lowest BCUT2D eigenvalue weighted by Crippen LogP contribution is -2.38. The molecule has 1 saturated heterocycles. The van der Waals surface area contributed by atoms with Crippen molar-refractivity contribution >= 4 is 17.0 Å². The molecular formula is C24H28N2O5. The molecule has 1 aliphatic heterocycles. The lowest BCUT2D eigenvalue weighted by atomic mass is 9.96. The van der Waals surface area contributed by atoms with E-state index in [1.807, 2.05) is 41.3 Å². The van der Waals surface area contributed by atoms with Gasteiger partial charge in [-0.3, -0.25) is 4.79 Å². The second-order valence-electron chi connectivity index (χ2n) is 7.67. The lowest BCUT2D eigenvalue weighted by Gasteiger charge is -2.30. The summed E-state index contributed by atoms with van der Waals surface area (Å²) < 4.78 is 22.2. The Morgan fingerprint density at radius 1 is 1.03 bits per heavy atom. The van der Waals surface area contributed by atoms with Gasteiger partial charge in [0.05, 0.1) is 21.3 Å². The molecule has 0 N–H and O–H groups in total. The Morgan fingerprint density at radius 3 is 2.45 bits per heavy atom. The normalized spacial score (nSPS) is 14.6. The van der Waals surface area contributed by atoms with Gasteiger partial charge >= 0.3 is 0 Å². The van der Waals surface area contributed by atoms with E-state index in [9.17, 15) is 4.79 Å². The molecule has 1 aliphatic rings. The fourth-order valence-corrected chi connectivity index (χ4v) is 4.20. The number of methoxy groups -OCH3 is 3. The number of piperidine rings is 1. The highest BCUT2D eigenvalue weighted by atomic mass is 16.5. The Kier molecular flexibility index (Phi) is 6.30. The second kappa shape index (κ2) is 9.29. The first-order valence-corrected chi connectivity index (χ1v) is 10.6. The number of benzene rings is 2. The third-order valence-electron chi connectivity index (χ3n) is 5.90. The van der Waals surface area contributed by atoms with Crippen LogP contribution in [0.2, 0.25) is 0 Å². The Hall–Kier alpha value is -3.22. The van der Waals surface area contributed by atoms with Gasteiger partial charge in [0.2, 0.25) is 11.7 Å². The summed E-state index contributed by atoms with van der Waals surface area (Å²) in [5.74, 6) is 2.95. The van der Waals surface area contributed by atoms with Crippen LogP contribution in [0.5, 0.6) is 17.2 Å². The van der Waals surface area contributed by atoms with Gasteiger partial charge in [-0.15, -0.1) is 0 Å². The van der Waals surface area contributed by atoms with Gasteiger partial charge in [0.25, 0.3) is 0 Å². The fourth-order valence-electron chi connectivity index (χ4n) is 4.20. The smallest absolute Gasteiger partial charge is 0.222 e. The predicted octanol–water partition coefficient (Wildman–Crippen LogP) is 4.19. The molecule has 2 heterocycles. The van der Waals surface area contributed by atoms with Gasteiger partial charge in [0.15, 0.2) is 23.0 Å². The molecule has 1 fully saturated rings. The number of rotatable bonds is 7. The molecule has 2 aromatic carbocycles. The van der Waals surface area contributed by atoms with Crippen molar-refractivity contribution < 1.29 is 23.4 Å². The minimum atomic E-state index is 0.146. The summed E-state index contributed by atoms with van der Waals surface area (Å²) in [5, 5.41) is 0. The predicted molar refractivity (Wildman–Crippen MR) is 117 cm³/mol. The first-order chi connectivity index (χ1) is 15.1. The lowest BCUT2D eigenvalue weighted by molar-refractivity contribution is -0.132. The number of carbonyl (C=O) groups excluding carboxylic acids is 1. The second-order valence-corrected chi connectivity index (χ2v) is 7.67. The van der Waals surface area contributed by atoms with E-state index in [-0.39, 0.29) is 11.8 Å². The first-order valence-electron chi connectivity index (χ1n) is 10.6. The number of nitrogens with zero attached hydrogens (tertiary/aromatic N) is 2. The minimum absolute atomic E-state index is 0.146. The molecule has 0 aliphatic carbocycles. The van der Waals surface area contributed by atoms with Gasteiger partial charge in [-0.25, -0.2) is 4.98 Å². The van der Waals surface area contributed by atoms with Crippen molar-refractivity contribution in [1.82, 2.24) is 9.88 Å². The van der Waals surface area contributed by atoms with E-state index < -0.39 is 0 Å². The van der Waals surface area contributed by atoms with Gasteiger partial charge in [0.1, 0.15) is 5.52 Å². The average molecular weight is 424 g/mol. The van der Waals surface area contributed by atoms with Gasteiger partial charge in [0, 0.05) is 25.4 Å². The highest BCUT2D eigenvalue weighted by molar-refractivity contribution is 5.77. The standard InChI is InChI=1S/C24H28N2O5/c1-28-20-10-8-16(22(29-2)23(20)30-3)9-11-21(27)26-14-12-17(13-15-26)24-25-18-6-4-5-7-19(18)31-24/h4-8,10,17H,9,11-15H2,1-3H3. The highest BCUT2D eigenvalue weighted by Gasteiger charge is 2.27. The van der Waals surface area contributed by atoms with Crippen LogP contribution in [-0.4, -0.2) is 50.2 Å². The van der Waals surface area contributed by atoms with Gasteiger partial charge in [-0.05, 0) is 43.0 Å². The van der Waals surface area contributed by atoms with Crippen molar-refractivity contribution in [1.29, 1.82) is 0 Å². The van der Waals surface area contributed by atoms with Crippen LogP contribution in [0, 0.1) is 0 Å². The molecule has 0 bridgehead atoms. The van der Waals surface area contributed by atoms with E-state index >= 15 is 0 Å². The van der Waals surface area contributed by atoms with E-state index in [1.165, 1.54) is 0 Å². The molecule has 7 heteroatoms. The maximum Gasteiger partial charge on any atom is 0.222 e.